The Bertz CT molecular complexity index is 651. The number of hydrogen-bond donors (Lipinski definition) is 2. The summed E-state index contributed by atoms with van der Waals surface area (Å²) in [6.07, 6.45) is 0.925. The van der Waals surface area contributed by atoms with Crippen LogP contribution in [-0.2, 0) is 9.59 Å². The number of benzene rings is 2. The molecule has 0 saturated carbocycles. The van der Waals surface area contributed by atoms with Crippen LogP contribution in [0.3, 0.4) is 0 Å². The van der Waals surface area contributed by atoms with E-state index < -0.39 is 0 Å². The van der Waals surface area contributed by atoms with Crippen molar-refractivity contribution >= 4 is 28.3 Å². The molecule has 2 amide bonds. The van der Waals surface area contributed by atoms with Gasteiger partial charge in [0.25, 0.3) is 0 Å². The van der Waals surface area contributed by atoms with Gasteiger partial charge in [-0.1, -0.05) is 30.3 Å². The van der Waals surface area contributed by atoms with Crippen LogP contribution in [0.15, 0.2) is 42.5 Å². The number of amides is 2. The molecule has 0 radical (unpaired) electrons. The van der Waals surface area contributed by atoms with Crippen LogP contribution in [0.4, 0.5) is 5.69 Å². The van der Waals surface area contributed by atoms with E-state index in [1.807, 2.05) is 42.5 Å². The van der Waals surface area contributed by atoms with E-state index in [9.17, 15) is 9.59 Å². The molecule has 4 heteroatoms. The van der Waals surface area contributed by atoms with Gasteiger partial charge in [0.2, 0.25) is 11.8 Å². The Kier molecular flexibility index (Phi) is 2.91. The Morgan fingerprint density at radius 2 is 1.84 bits per heavy atom. The SMILES string of the molecule is O=C1CCC(Nc2ccc3ccccc3c2)C(=O)N1. The molecule has 0 aliphatic carbocycles. The third kappa shape index (κ3) is 2.42. The largest absolute Gasteiger partial charge is 0.374 e. The lowest BCUT2D eigenvalue weighted by atomic mass is 10.0. The first-order valence-corrected chi connectivity index (χ1v) is 6.31. The van der Waals surface area contributed by atoms with Gasteiger partial charge in [-0.3, -0.25) is 14.9 Å². The van der Waals surface area contributed by atoms with Crippen molar-refractivity contribution in [2.24, 2.45) is 0 Å². The minimum absolute atomic E-state index is 0.193. The van der Waals surface area contributed by atoms with Crippen LogP contribution in [0.5, 0.6) is 0 Å². The lowest BCUT2D eigenvalue weighted by molar-refractivity contribution is -0.133. The fourth-order valence-electron chi connectivity index (χ4n) is 2.31. The molecule has 0 spiro atoms. The van der Waals surface area contributed by atoms with Crippen LogP contribution in [0.2, 0.25) is 0 Å². The molecule has 1 fully saturated rings. The summed E-state index contributed by atoms with van der Waals surface area (Å²) in [7, 11) is 0. The van der Waals surface area contributed by atoms with Crippen LogP contribution in [0.25, 0.3) is 10.8 Å². The van der Waals surface area contributed by atoms with E-state index >= 15 is 0 Å². The van der Waals surface area contributed by atoms with Gasteiger partial charge >= 0.3 is 0 Å². The average molecular weight is 254 g/mol. The second-order valence-corrected chi connectivity index (χ2v) is 4.71. The Morgan fingerprint density at radius 1 is 1.05 bits per heavy atom. The highest BCUT2D eigenvalue weighted by molar-refractivity contribution is 6.01. The molecule has 1 saturated heterocycles. The molecule has 2 N–H and O–H groups in total. The molecule has 96 valence electrons. The zero-order valence-electron chi connectivity index (χ0n) is 10.3. The van der Waals surface area contributed by atoms with Gasteiger partial charge in [0.1, 0.15) is 6.04 Å². The number of hydrogen-bond acceptors (Lipinski definition) is 3. The second-order valence-electron chi connectivity index (χ2n) is 4.71. The molecule has 2 aromatic carbocycles. The van der Waals surface area contributed by atoms with Crippen molar-refractivity contribution in [3.8, 4) is 0 Å². The van der Waals surface area contributed by atoms with Gasteiger partial charge in [-0.2, -0.15) is 0 Å². The van der Waals surface area contributed by atoms with Crippen molar-refractivity contribution in [1.82, 2.24) is 5.32 Å². The lowest BCUT2D eigenvalue weighted by Crippen LogP contribution is -2.47. The highest BCUT2D eigenvalue weighted by atomic mass is 16.2. The van der Waals surface area contributed by atoms with Gasteiger partial charge < -0.3 is 5.32 Å². The van der Waals surface area contributed by atoms with E-state index in [1.165, 1.54) is 0 Å². The van der Waals surface area contributed by atoms with E-state index in [0.717, 1.165) is 16.5 Å². The first-order valence-electron chi connectivity index (χ1n) is 6.31. The zero-order valence-corrected chi connectivity index (χ0v) is 10.3. The van der Waals surface area contributed by atoms with Crippen molar-refractivity contribution in [3.63, 3.8) is 0 Å². The van der Waals surface area contributed by atoms with Crippen molar-refractivity contribution in [1.29, 1.82) is 0 Å². The molecule has 1 aliphatic rings. The summed E-state index contributed by atoms with van der Waals surface area (Å²) in [4.78, 5) is 22.8. The van der Waals surface area contributed by atoms with Crippen LogP contribution in [0.1, 0.15) is 12.8 Å². The smallest absolute Gasteiger partial charge is 0.249 e. The predicted octanol–water partition coefficient (Wildman–Crippen LogP) is 2.06. The average Bonchev–Trinajstić information content (AvgIpc) is 2.42. The number of carbonyl (C=O) groups is 2. The first-order chi connectivity index (χ1) is 9.22. The molecule has 3 rings (SSSR count). The van der Waals surface area contributed by atoms with Gasteiger partial charge in [-0.15, -0.1) is 0 Å². The predicted molar refractivity (Wildman–Crippen MR) is 73.7 cm³/mol. The Labute approximate surface area is 110 Å². The number of rotatable bonds is 2. The van der Waals surface area contributed by atoms with Crippen LogP contribution >= 0.6 is 0 Å². The summed E-state index contributed by atoms with van der Waals surface area (Å²) in [5.74, 6) is -0.439. The summed E-state index contributed by atoms with van der Waals surface area (Å²) in [6, 6.07) is 13.7. The fourth-order valence-corrected chi connectivity index (χ4v) is 2.31. The maximum atomic E-state index is 11.7. The molecule has 19 heavy (non-hydrogen) atoms. The molecule has 4 nitrogen and oxygen atoms in total. The summed E-state index contributed by atoms with van der Waals surface area (Å²) in [6.45, 7) is 0. The Morgan fingerprint density at radius 3 is 2.63 bits per heavy atom. The van der Waals surface area contributed by atoms with E-state index in [-0.39, 0.29) is 17.9 Å². The highest BCUT2D eigenvalue weighted by Crippen LogP contribution is 2.20. The summed E-state index contributed by atoms with van der Waals surface area (Å²) in [5, 5.41) is 7.81. The normalized spacial score (nSPS) is 19.3. The van der Waals surface area contributed by atoms with Gasteiger partial charge in [0.15, 0.2) is 0 Å². The van der Waals surface area contributed by atoms with E-state index in [2.05, 4.69) is 10.6 Å². The standard InChI is InChI=1S/C15H14N2O2/c18-14-8-7-13(15(19)17-14)16-12-6-5-10-3-1-2-4-11(10)9-12/h1-6,9,13,16H,7-8H2,(H,17,18,19). The number of fused-ring (bicyclic) bond motifs is 1. The monoisotopic (exact) mass is 254 g/mol. The number of carbonyl (C=O) groups excluding carboxylic acids is 2. The number of piperidine rings is 1. The number of anilines is 1. The maximum Gasteiger partial charge on any atom is 0.249 e. The molecule has 1 unspecified atom stereocenters. The highest BCUT2D eigenvalue weighted by Gasteiger charge is 2.26. The van der Waals surface area contributed by atoms with Gasteiger partial charge in [0.05, 0.1) is 0 Å². The number of nitrogens with one attached hydrogen (secondary N) is 2. The van der Waals surface area contributed by atoms with Crippen molar-refractivity contribution < 1.29 is 9.59 Å². The molecule has 0 bridgehead atoms. The molecular weight excluding hydrogens is 240 g/mol. The maximum absolute atomic E-state index is 11.7. The van der Waals surface area contributed by atoms with Crippen molar-refractivity contribution in [2.45, 2.75) is 18.9 Å². The third-order valence-electron chi connectivity index (χ3n) is 3.33. The molecule has 1 atom stereocenters. The van der Waals surface area contributed by atoms with E-state index in [4.69, 9.17) is 0 Å². The van der Waals surface area contributed by atoms with Crippen LogP contribution in [-0.4, -0.2) is 17.9 Å². The molecule has 1 aliphatic heterocycles. The van der Waals surface area contributed by atoms with Crippen molar-refractivity contribution in [2.75, 3.05) is 5.32 Å². The molecule has 0 aromatic heterocycles. The van der Waals surface area contributed by atoms with Gasteiger partial charge in [-0.25, -0.2) is 0 Å². The summed E-state index contributed by atoms with van der Waals surface area (Å²) < 4.78 is 0. The van der Waals surface area contributed by atoms with E-state index in [1.54, 1.807) is 0 Å². The minimum Gasteiger partial charge on any atom is -0.374 e. The zero-order chi connectivity index (χ0) is 13.2. The third-order valence-corrected chi connectivity index (χ3v) is 3.33. The summed E-state index contributed by atoms with van der Waals surface area (Å²) in [5.41, 5.74) is 0.896. The first kappa shape index (κ1) is 11.7. The quantitative estimate of drug-likeness (QED) is 0.806. The summed E-state index contributed by atoms with van der Waals surface area (Å²) >= 11 is 0. The lowest BCUT2D eigenvalue weighted by Gasteiger charge is -2.22. The van der Waals surface area contributed by atoms with E-state index in [0.29, 0.717) is 12.8 Å². The molecular formula is C15H14N2O2. The fraction of sp³-hybridized carbons (Fsp3) is 0.200. The second kappa shape index (κ2) is 4.72. The topological polar surface area (TPSA) is 58.2 Å². The van der Waals surface area contributed by atoms with Gasteiger partial charge in [-0.05, 0) is 29.3 Å². The van der Waals surface area contributed by atoms with Crippen LogP contribution < -0.4 is 10.6 Å². The molecule has 1 heterocycles. The van der Waals surface area contributed by atoms with Crippen LogP contribution in [0, 0.1) is 0 Å². The molecule has 2 aromatic rings. The minimum atomic E-state index is -0.334. The number of imide groups is 1. The van der Waals surface area contributed by atoms with Crippen molar-refractivity contribution in [3.05, 3.63) is 42.5 Å². The van der Waals surface area contributed by atoms with Gasteiger partial charge in [0, 0.05) is 12.1 Å². The Balaban J connectivity index is 1.81. The Hall–Kier alpha value is -2.36.